The maximum atomic E-state index is 11.8. The summed E-state index contributed by atoms with van der Waals surface area (Å²) in [5, 5.41) is 0. The number of hydrogen-bond donors (Lipinski definition) is 0. The molecule has 0 aliphatic heterocycles. The molecule has 1 aromatic heterocycles. The van der Waals surface area contributed by atoms with Crippen molar-refractivity contribution in [3.8, 4) is 11.6 Å². The maximum Gasteiger partial charge on any atom is 0.392 e. The Hall–Kier alpha value is -1.46. The molecule has 0 radical (unpaired) electrons. The van der Waals surface area contributed by atoms with Gasteiger partial charge in [-0.15, -0.1) is 0 Å². The molecule has 84 valence electrons. The van der Waals surface area contributed by atoms with Gasteiger partial charge in [0.25, 0.3) is 0 Å². The van der Waals surface area contributed by atoms with Crippen LogP contribution in [-0.4, -0.2) is 24.9 Å². The van der Waals surface area contributed by atoms with Gasteiger partial charge in [-0.3, -0.25) is 0 Å². The Morgan fingerprint density at radius 3 is 2.53 bits per heavy atom. The van der Waals surface area contributed by atoms with Crippen LogP contribution in [0.3, 0.4) is 0 Å². The lowest BCUT2D eigenvalue weighted by Gasteiger charge is -2.07. The predicted molar refractivity (Wildman–Crippen MR) is 47.0 cm³/mol. The van der Waals surface area contributed by atoms with Crippen LogP contribution in [0.5, 0.6) is 11.6 Å². The van der Waals surface area contributed by atoms with Crippen molar-refractivity contribution in [1.82, 2.24) is 4.98 Å². The van der Waals surface area contributed by atoms with Crippen LogP contribution in [0.25, 0.3) is 0 Å². The van der Waals surface area contributed by atoms with Crippen LogP contribution in [0, 0.1) is 0 Å². The van der Waals surface area contributed by atoms with Crippen molar-refractivity contribution in [3.63, 3.8) is 0 Å². The second-order valence-electron chi connectivity index (χ2n) is 2.75. The van der Waals surface area contributed by atoms with Gasteiger partial charge < -0.3 is 9.47 Å². The van der Waals surface area contributed by atoms with Gasteiger partial charge in [0, 0.05) is 6.07 Å². The minimum Gasteiger partial charge on any atom is -0.495 e. The van der Waals surface area contributed by atoms with Crippen molar-refractivity contribution in [2.75, 3.05) is 13.7 Å². The van der Waals surface area contributed by atoms with Gasteiger partial charge in [0.05, 0.1) is 26.3 Å². The van der Waals surface area contributed by atoms with Gasteiger partial charge in [0.2, 0.25) is 5.88 Å². The van der Waals surface area contributed by atoms with E-state index in [1.165, 1.54) is 19.4 Å². The molecule has 0 atom stereocenters. The number of rotatable bonds is 4. The highest BCUT2D eigenvalue weighted by molar-refractivity contribution is 5.22. The summed E-state index contributed by atoms with van der Waals surface area (Å²) in [4.78, 5) is 3.75. The Kier molecular flexibility index (Phi) is 3.76. The van der Waals surface area contributed by atoms with Crippen molar-refractivity contribution in [2.24, 2.45) is 0 Å². The molecule has 6 heteroatoms. The van der Waals surface area contributed by atoms with Gasteiger partial charge in [0.1, 0.15) is 5.75 Å². The molecule has 0 spiro atoms. The van der Waals surface area contributed by atoms with E-state index in [2.05, 4.69) is 4.98 Å². The standard InChI is InChI=1S/C9H10F3NO2/c1-14-7-2-3-8(13-6-7)15-5-4-9(10,11)12/h2-3,6H,4-5H2,1H3. The molecule has 0 amide bonds. The van der Waals surface area contributed by atoms with Crippen LogP contribution in [0.4, 0.5) is 13.2 Å². The first-order chi connectivity index (χ1) is 7.01. The molecule has 0 saturated carbocycles. The number of pyridine rings is 1. The molecule has 1 heterocycles. The number of methoxy groups -OCH3 is 1. The van der Waals surface area contributed by atoms with Gasteiger partial charge in [0.15, 0.2) is 0 Å². The highest BCUT2D eigenvalue weighted by atomic mass is 19.4. The summed E-state index contributed by atoms with van der Waals surface area (Å²) in [5.74, 6) is 0.679. The topological polar surface area (TPSA) is 31.4 Å². The normalized spacial score (nSPS) is 11.2. The highest BCUT2D eigenvalue weighted by Crippen LogP contribution is 2.20. The number of hydrogen-bond acceptors (Lipinski definition) is 3. The Bertz CT molecular complexity index is 297. The molecule has 1 aromatic rings. The quantitative estimate of drug-likeness (QED) is 0.782. The monoisotopic (exact) mass is 221 g/mol. The van der Waals surface area contributed by atoms with E-state index >= 15 is 0 Å². The van der Waals surface area contributed by atoms with Gasteiger partial charge >= 0.3 is 6.18 Å². The van der Waals surface area contributed by atoms with Gasteiger partial charge in [-0.05, 0) is 6.07 Å². The zero-order valence-electron chi connectivity index (χ0n) is 8.04. The van der Waals surface area contributed by atoms with Crippen molar-refractivity contribution < 1.29 is 22.6 Å². The number of aromatic nitrogens is 1. The van der Waals surface area contributed by atoms with Crippen LogP contribution in [0.1, 0.15) is 6.42 Å². The molecular weight excluding hydrogens is 211 g/mol. The number of nitrogens with zero attached hydrogens (tertiary/aromatic N) is 1. The molecule has 0 fully saturated rings. The summed E-state index contributed by atoms with van der Waals surface area (Å²) in [6.07, 6.45) is -3.81. The third-order valence-corrected chi connectivity index (χ3v) is 1.58. The van der Waals surface area contributed by atoms with Crippen LogP contribution < -0.4 is 9.47 Å². The minimum absolute atomic E-state index is 0.153. The molecule has 0 N–H and O–H groups in total. The Morgan fingerprint density at radius 2 is 2.07 bits per heavy atom. The molecular formula is C9H10F3NO2. The second-order valence-corrected chi connectivity index (χ2v) is 2.75. The molecule has 0 unspecified atom stereocenters. The largest absolute Gasteiger partial charge is 0.495 e. The first-order valence-corrected chi connectivity index (χ1v) is 4.21. The summed E-state index contributed by atoms with van der Waals surface area (Å²) in [5.41, 5.74) is 0. The first kappa shape index (κ1) is 11.6. The Labute approximate surface area is 84.8 Å². The van der Waals surface area contributed by atoms with E-state index in [-0.39, 0.29) is 5.88 Å². The molecule has 0 aliphatic rings. The summed E-state index contributed by atoms with van der Waals surface area (Å²) < 4.78 is 44.9. The van der Waals surface area contributed by atoms with Crippen molar-refractivity contribution in [1.29, 1.82) is 0 Å². The van der Waals surface area contributed by atoms with E-state index in [0.717, 1.165) is 0 Å². The van der Waals surface area contributed by atoms with E-state index in [4.69, 9.17) is 9.47 Å². The summed E-state index contributed by atoms with van der Waals surface area (Å²) in [6.45, 7) is -0.428. The lowest BCUT2D eigenvalue weighted by molar-refractivity contribution is -0.139. The van der Waals surface area contributed by atoms with Gasteiger partial charge in [-0.1, -0.05) is 0 Å². The van der Waals surface area contributed by atoms with Gasteiger partial charge in [-0.25, -0.2) is 4.98 Å². The highest BCUT2D eigenvalue weighted by Gasteiger charge is 2.26. The van der Waals surface area contributed by atoms with Crippen LogP contribution in [-0.2, 0) is 0 Å². The van der Waals surface area contributed by atoms with Crippen molar-refractivity contribution >= 4 is 0 Å². The first-order valence-electron chi connectivity index (χ1n) is 4.21. The lowest BCUT2D eigenvalue weighted by atomic mass is 10.4. The van der Waals surface area contributed by atoms with E-state index in [9.17, 15) is 13.2 Å². The maximum absolute atomic E-state index is 11.8. The van der Waals surface area contributed by atoms with Crippen molar-refractivity contribution in [3.05, 3.63) is 18.3 Å². The molecule has 0 aliphatic carbocycles. The van der Waals surface area contributed by atoms with Crippen molar-refractivity contribution in [2.45, 2.75) is 12.6 Å². The molecule has 3 nitrogen and oxygen atoms in total. The molecule has 0 saturated heterocycles. The minimum atomic E-state index is -4.20. The fourth-order valence-corrected chi connectivity index (χ4v) is 0.844. The van der Waals surface area contributed by atoms with E-state index in [1.54, 1.807) is 6.07 Å². The summed E-state index contributed by atoms with van der Waals surface area (Å²) >= 11 is 0. The van der Waals surface area contributed by atoms with Crippen LogP contribution >= 0.6 is 0 Å². The molecule has 1 rings (SSSR count). The zero-order valence-corrected chi connectivity index (χ0v) is 8.04. The number of ether oxygens (including phenoxy) is 2. The lowest BCUT2D eigenvalue weighted by Crippen LogP contribution is -2.13. The summed E-state index contributed by atoms with van der Waals surface area (Å²) in [7, 11) is 1.47. The zero-order chi connectivity index (χ0) is 11.3. The average Bonchev–Trinajstić information content (AvgIpc) is 2.17. The summed E-state index contributed by atoms with van der Waals surface area (Å²) in [6, 6.07) is 3.02. The second kappa shape index (κ2) is 4.86. The van der Waals surface area contributed by atoms with E-state index in [0.29, 0.717) is 5.75 Å². The predicted octanol–water partition coefficient (Wildman–Crippen LogP) is 2.42. The molecule has 0 aromatic carbocycles. The van der Waals surface area contributed by atoms with Crippen LogP contribution in [0.15, 0.2) is 18.3 Å². The van der Waals surface area contributed by atoms with E-state index in [1.807, 2.05) is 0 Å². The fraction of sp³-hybridized carbons (Fsp3) is 0.444. The van der Waals surface area contributed by atoms with E-state index < -0.39 is 19.2 Å². The third kappa shape index (κ3) is 4.53. The fourth-order valence-electron chi connectivity index (χ4n) is 0.844. The molecule has 15 heavy (non-hydrogen) atoms. The Balaban J connectivity index is 2.38. The average molecular weight is 221 g/mol. The SMILES string of the molecule is COc1ccc(OCCC(F)(F)F)nc1. The number of alkyl halides is 3. The molecule has 0 bridgehead atoms. The third-order valence-electron chi connectivity index (χ3n) is 1.58. The smallest absolute Gasteiger partial charge is 0.392 e. The Morgan fingerprint density at radius 1 is 1.33 bits per heavy atom. The van der Waals surface area contributed by atoms with Crippen LogP contribution in [0.2, 0.25) is 0 Å². The van der Waals surface area contributed by atoms with Gasteiger partial charge in [-0.2, -0.15) is 13.2 Å². The number of halogens is 3.